The van der Waals surface area contributed by atoms with Gasteiger partial charge < -0.3 is 0 Å². The molecule has 0 radical (unpaired) electrons. The zero-order valence-electron chi connectivity index (χ0n) is 12.9. The zero-order chi connectivity index (χ0) is 15.0. The minimum atomic E-state index is -3.44. The third-order valence-electron chi connectivity index (χ3n) is 3.71. The molecule has 0 saturated heterocycles. The van der Waals surface area contributed by atoms with E-state index < -0.39 is 15.6 Å². The molecular formula is C16H25NO2S. The Hall–Kier alpha value is -0.870. The lowest BCUT2D eigenvalue weighted by atomic mass is 9.98. The molecule has 0 heterocycles. The summed E-state index contributed by atoms with van der Waals surface area (Å²) in [5.74, 6) is 0. The highest BCUT2D eigenvalue weighted by atomic mass is 32.2. The predicted octanol–water partition coefficient (Wildman–Crippen LogP) is 3.34. The molecule has 4 heteroatoms. The van der Waals surface area contributed by atoms with Crippen molar-refractivity contribution in [2.45, 2.75) is 70.2 Å². The van der Waals surface area contributed by atoms with Crippen molar-refractivity contribution in [3.8, 4) is 0 Å². The fourth-order valence-electron chi connectivity index (χ4n) is 2.90. The maximum Gasteiger partial charge on any atom is 0.241 e. The highest BCUT2D eigenvalue weighted by molar-refractivity contribution is 7.89. The minimum absolute atomic E-state index is 0.457. The number of fused-ring (bicyclic) bond motifs is 1. The lowest BCUT2D eigenvalue weighted by Crippen LogP contribution is -2.40. The van der Waals surface area contributed by atoms with Gasteiger partial charge in [-0.05, 0) is 76.1 Å². The van der Waals surface area contributed by atoms with Crippen LogP contribution in [-0.2, 0) is 22.9 Å². The molecule has 0 fully saturated rings. The van der Waals surface area contributed by atoms with Crippen molar-refractivity contribution in [1.82, 2.24) is 4.72 Å². The highest BCUT2D eigenvalue weighted by Crippen LogP contribution is 2.29. The Morgan fingerprint density at radius 3 is 2.20 bits per heavy atom. The molecule has 112 valence electrons. The minimum Gasteiger partial charge on any atom is -0.207 e. The van der Waals surface area contributed by atoms with Crippen molar-refractivity contribution >= 4 is 10.0 Å². The lowest BCUT2D eigenvalue weighted by molar-refractivity contribution is 0.491. The first-order chi connectivity index (χ1) is 9.21. The lowest BCUT2D eigenvalue weighted by Gasteiger charge is -2.23. The third kappa shape index (κ3) is 3.41. The first-order valence-corrected chi connectivity index (χ1v) is 8.84. The van der Waals surface area contributed by atoms with Gasteiger partial charge in [0.1, 0.15) is 0 Å². The van der Waals surface area contributed by atoms with Crippen LogP contribution in [0.2, 0.25) is 0 Å². The molecule has 20 heavy (non-hydrogen) atoms. The molecular weight excluding hydrogens is 270 g/mol. The van der Waals surface area contributed by atoms with Crippen molar-refractivity contribution in [2.75, 3.05) is 0 Å². The summed E-state index contributed by atoms with van der Waals surface area (Å²) in [5.41, 5.74) is 3.05. The molecule has 0 saturated carbocycles. The van der Waals surface area contributed by atoms with E-state index in [0.717, 1.165) is 31.2 Å². The van der Waals surface area contributed by atoms with Gasteiger partial charge in [0.25, 0.3) is 0 Å². The van der Waals surface area contributed by atoms with Gasteiger partial charge in [0.15, 0.2) is 0 Å². The molecule has 0 aliphatic heterocycles. The van der Waals surface area contributed by atoms with E-state index in [9.17, 15) is 8.42 Å². The van der Waals surface area contributed by atoms with Gasteiger partial charge in [0, 0.05) is 5.54 Å². The summed E-state index contributed by atoms with van der Waals surface area (Å²) in [6.07, 6.45) is 5.29. The van der Waals surface area contributed by atoms with Crippen LogP contribution in [0.1, 0.15) is 56.7 Å². The van der Waals surface area contributed by atoms with Gasteiger partial charge in [-0.25, -0.2) is 13.1 Å². The second-order valence-electron chi connectivity index (χ2n) is 6.75. The molecule has 1 aromatic carbocycles. The molecule has 3 nitrogen and oxygen atoms in total. The molecule has 0 spiro atoms. The molecule has 1 aliphatic rings. The molecule has 0 bridgehead atoms. The number of sulfonamides is 1. The van der Waals surface area contributed by atoms with Crippen LogP contribution in [0.5, 0.6) is 0 Å². The Kier molecular flexibility index (Phi) is 4.26. The summed E-state index contributed by atoms with van der Waals surface area (Å²) in [6.45, 7) is 7.70. The van der Waals surface area contributed by atoms with Crippen LogP contribution in [0, 0.1) is 6.92 Å². The molecule has 0 amide bonds. The average Bonchev–Trinajstić information content (AvgIpc) is 2.51. The molecule has 0 unspecified atom stereocenters. The quantitative estimate of drug-likeness (QED) is 0.851. The van der Waals surface area contributed by atoms with Crippen LogP contribution in [0.4, 0.5) is 0 Å². The molecule has 1 aromatic rings. The summed E-state index contributed by atoms with van der Waals surface area (Å²) in [7, 11) is -3.44. The van der Waals surface area contributed by atoms with E-state index in [2.05, 4.69) is 11.6 Å². The van der Waals surface area contributed by atoms with Gasteiger partial charge in [-0.3, -0.25) is 0 Å². The van der Waals surface area contributed by atoms with Crippen LogP contribution in [0.15, 0.2) is 17.0 Å². The van der Waals surface area contributed by atoms with Crippen molar-refractivity contribution in [1.29, 1.82) is 0 Å². The monoisotopic (exact) mass is 295 g/mol. The summed E-state index contributed by atoms with van der Waals surface area (Å²) in [4.78, 5) is 0.481. The van der Waals surface area contributed by atoms with Crippen LogP contribution >= 0.6 is 0 Å². The fraction of sp³-hybridized carbons (Fsp3) is 0.625. The van der Waals surface area contributed by atoms with E-state index >= 15 is 0 Å². The second kappa shape index (κ2) is 5.49. The van der Waals surface area contributed by atoms with E-state index in [1.54, 1.807) is 6.07 Å². The smallest absolute Gasteiger partial charge is 0.207 e. The molecule has 2 rings (SSSR count). The highest BCUT2D eigenvalue weighted by Gasteiger charge is 2.26. The van der Waals surface area contributed by atoms with Crippen molar-refractivity contribution in [3.05, 3.63) is 28.8 Å². The average molecular weight is 295 g/mol. The number of aryl methyl sites for hydroxylation is 1. The third-order valence-corrected chi connectivity index (χ3v) is 5.55. The number of hydrogen-bond acceptors (Lipinski definition) is 2. The van der Waals surface area contributed by atoms with Crippen LogP contribution in [0.3, 0.4) is 0 Å². The van der Waals surface area contributed by atoms with Crippen molar-refractivity contribution in [3.63, 3.8) is 0 Å². The van der Waals surface area contributed by atoms with E-state index in [1.807, 2.05) is 26.8 Å². The zero-order valence-corrected chi connectivity index (χ0v) is 13.7. The SMILES string of the molecule is Cc1ccc(S(=O)(=O)NC(C)(C)C)c2c1CCCCC2. The summed E-state index contributed by atoms with van der Waals surface area (Å²) >= 11 is 0. The Labute approximate surface area is 122 Å². The maximum atomic E-state index is 12.6. The first-order valence-electron chi connectivity index (χ1n) is 7.36. The van der Waals surface area contributed by atoms with Gasteiger partial charge in [-0.2, -0.15) is 0 Å². The molecule has 0 aromatic heterocycles. The number of hydrogen-bond donors (Lipinski definition) is 1. The largest absolute Gasteiger partial charge is 0.241 e. The Balaban J connectivity index is 2.53. The van der Waals surface area contributed by atoms with Gasteiger partial charge in [0.2, 0.25) is 10.0 Å². The summed E-state index contributed by atoms with van der Waals surface area (Å²) < 4.78 is 28.0. The topological polar surface area (TPSA) is 46.2 Å². The van der Waals surface area contributed by atoms with Crippen molar-refractivity contribution in [2.24, 2.45) is 0 Å². The van der Waals surface area contributed by atoms with Crippen LogP contribution in [-0.4, -0.2) is 14.0 Å². The number of nitrogens with one attached hydrogen (secondary N) is 1. The van der Waals surface area contributed by atoms with Gasteiger partial charge >= 0.3 is 0 Å². The van der Waals surface area contributed by atoms with Gasteiger partial charge in [-0.1, -0.05) is 12.5 Å². The van der Waals surface area contributed by atoms with Crippen LogP contribution < -0.4 is 4.72 Å². The van der Waals surface area contributed by atoms with E-state index in [0.29, 0.717) is 4.90 Å². The van der Waals surface area contributed by atoms with E-state index in [1.165, 1.54) is 17.5 Å². The Morgan fingerprint density at radius 2 is 1.60 bits per heavy atom. The fourth-order valence-corrected chi connectivity index (χ4v) is 4.61. The summed E-state index contributed by atoms with van der Waals surface area (Å²) in [6, 6.07) is 3.72. The molecule has 1 aliphatic carbocycles. The molecule has 0 atom stereocenters. The number of benzene rings is 1. The molecule has 1 N–H and O–H groups in total. The Bertz CT molecular complexity index is 598. The van der Waals surface area contributed by atoms with Crippen molar-refractivity contribution < 1.29 is 8.42 Å². The van der Waals surface area contributed by atoms with Crippen LogP contribution in [0.25, 0.3) is 0 Å². The second-order valence-corrected chi connectivity index (χ2v) is 8.40. The van der Waals surface area contributed by atoms with E-state index in [4.69, 9.17) is 0 Å². The van der Waals surface area contributed by atoms with Gasteiger partial charge in [-0.15, -0.1) is 0 Å². The predicted molar refractivity (Wildman–Crippen MR) is 82.5 cm³/mol. The maximum absolute atomic E-state index is 12.6. The standard InChI is InChI=1S/C16H25NO2S/c1-12-10-11-15(20(18,19)17-16(2,3)4)14-9-7-5-6-8-13(12)14/h10-11,17H,5-9H2,1-4H3. The van der Waals surface area contributed by atoms with Gasteiger partial charge in [0.05, 0.1) is 4.90 Å². The summed E-state index contributed by atoms with van der Waals surface area (Å²) in [5, 5.41) is 0. The van der Waals surface area contributed by atoms with E-state index in [-0.39, 0.29) is 0 Å². The Morgan fingerprint density at radius 1 is 1.00 bits per heavy atom. The normalized spacial score (nSPS) is 16.6. The number of rotatable bonds is 2. The first kappa shape index (κ1) is 15.5.